The van der Waals surface area contributed by atoms with E-state index in [1.165, 1.54) is 17.0 Å². The fourth-order valence-corrected chi connectivity index (χ4v) is 4.38. The minimum absolute atomic E-state index is 0.0682. The van der Waals surface area contributed by atoms with Crippen LogP contribution in [-0.4, -0.2) is 78.2 Å². The van der Waals surface area contributed by atoms with E-state index in [4.69, 9.17) is 14.2 Å². The number of halogens is 2. The highest BCUT2D eigenvalue weighted by molar-refractivity contribution is 7.88. The van der Waals surface area contributed by atoms with Crippen molar-refractivity contribution in [1.82, 2.24) is 4.72 Å². The summed E-state index contributed by atoms with van der Waals surface area (Å²) in [6, 6.07) is 4.22. The van der Waals surface area contributed by atoms with Gasteiger partial charge in [0.15, 0.2) is 6.17 Å². The molecule has 3 heterocycles. The lowest BCUT2D eigenvalue weighted by Gasteiger charge is -2.41. The molecule has 1 amide bonds. The quantitative estimate of drug-likeness (QED) is 0.719. The van der Waals surface area contributed by atoms with Gasteiger partial charge in [-0.25, -0.2) is 26.7 Å². The lowest BCUT2D eigenvalue weighted by molar-refractivity contribution is -0.207. The molecule has 4 rings (SSSR count). The van der Waals surface area contributed by atoms with Gasteiger partial charge in [-0.1, -0.05) is 0 Å². The van der Waals surface area contributed by atoms with Crippen LogP contribution in [-0.2, 0) is 24.2 Å². The summed E-state index contributed by atoms with van der Waals surface area (Å²) in [5, 5.41) is 0. The highest BCUT2D eigenvalue weighted by atomic mass is 32.2. The van der Waals surface area contributed by atoms with Crippen LogP contribution in [0, 0.1) is 5.82 Å². The van der Waals surface area contributed by atoms with Crippen LogP contribution < -0.4 is 14.5 Å². The number of hydrogen-bond donors (Lipinski definition) is 1. The molecule has 1 aromatic carbocycles. The molecule has 1 unspecified atom stereocenters. The zero-order chi connectivity index (χ0) is 21.5. The number of rotatable bonds is 5. The van der Waals surface area contributed by atoms with Crippen molar-refractivity contribution in [2.24, 2.45) is 0 Å². The van der Waals surface area contributed by atoms with Crippen molar-refractivity contribution in [3.63, 3.8) is 0 Å². The zero-order valence-corrected chi connectivity index (χ0v) is 17.2. The van der Waals surface area contributed by atoms with E-state index in [2.05, 4.69) is 4.72 Å². The van der Waals surface area contributed by atoms with Crippen molar-refractivity contribution in [3.05, 3.63) is 24.0 Å². The molecule has 1 aromatic rings. The van der Waals surface area contributed by atoms with Gasteiger partial charge in [-0.15, -0.1) is 0 Å². The Morgan fingerprint density at radius 3 is 2.63 bits per heavy atom. The molecule has 9 nitrogen and oxygen atoms in total. The summed E-state index contributed by atoms with van der Waals surface area (Å²) in [4.78, 5) is 14.9. The van der Waals surface area contributed by atoms with Gasteiger partial charge in [-0.2, -0.15) is 0 Å². The van der Waals surface area contributed by atoms with Gasteiger partial charge in [-0.3, -0.25) is 4.90 Å². The average molecular weight is 447 g/mol. The Balaban J connectivity index is 1.43. The Kier molecular flexibility index (Phi) is 5.60. The van der Waals surface area contributed by atoms with E-state index in [0.717, 1.165) is 6.26 Å². The first-order valence-electron chi connectivity index (χ1n) is 9.56. The maximum Gasteiger partial charge on any atom is 0.414 e. The molecule has 1 N–H and O–H groups in total. The van der Waals surface area contributed by atoms with E-state index in [1.807, 2.05) is 0 Å². The van der Waals surface area contributed by atoms with Crippen LogP contribution >= 0.6 is 0 Å². The number of nitrogens with one attached hydrogen (secondary N) is 1. The normalized spacial score (nSPS) is 26.4. The summed E-state index contributed by atoms with van der Waals surface area (Å²) in [5.41, 5.74) is 0.493. The van der Waals surface area contributed by atoms with Crippen molar-refractivity contribution in [3.8, 4) is 0 Å². The second-order valence-electron chi connectivity index (χ2n) is 7.55. The van der Waals surface area contributed by atoms with Crippen molar-refractivity contribution < 1.29 is 36.2 Å². The number of carbonyl (C=O) groups excluding carboxylic acids is 1. The Hall–Kier alpha value is -2.02. The van der Waals surface area contributed by atoms with Crippen molar-refractivity contribution in [2.45, 2.75) is 24.5 Å². The first-order valence-corrected chi connectivity index (χ1v) is 11.5. The molecule has 1 spiro atoms. The molecule has 3 aliphatic rings. The Morgan fingerprint density at radius 1 is 1.27 bits per heavy atom. The third kappa shape index (κ3) is 4.22. The lowest BCUT2D eigenvalue weighted by Crippen LogP contribution is -2.54. The number of hydrogen-bond acceptors (Lipinski definition) is 7. The minimum atomic E-state index is -3.42. The molecule has 0 aromatic heterocycles. The number of piperidine rings is 1. The largest absolute Gasteiger partial charge is 0.443 e. The van der Waals surface area contributed by atoms with Crippen LogP contribution in [0.1, 0.15) is 6.42 Å². The number of nitrogens with zero attached hydrogens (tertiary/aromatic N) is 2. The van der Waals surface area contributed by atoms with Crippen LogP contribution in [0.2, 0.25) is 0 Å². The fraction of sp³-hybridized carbons (Fsp3) is 0.611. The molecule has 3 saturated heterocycles. The van der Waals surface area contributed by atoms with Gasteiger partial charge in [0.05, 0.1) is 43.9 Å². The van der Waals surface area contributed by atoms with Crippen molar-refractivity contribution >= 4 is 27.5 Å². The molecule has 0 saturated carbocycles. The van der Waals surface area contributed by atoms with E-state index in [1.54, 1.807) is 11.0 Å². The summed E-state index contributed by atoms with van der Waals surface area (Å²) >= 11 is 0. The van der Waals surface area contributed by atoms with Gasteiger partial charge >= 0.3 is 6.09 Å². The van der Waals surface area contributed by atoms with E-state index in [9.17, 15) is 22.0 Å². The van der Waals surface area contributed by atoms with Crippen LogP contribution in [0.5, 0.6) is 0 Å². The first-order chi connectivity index (χ1) is 14.2. The number of amides is 1. The summed E-state index contributed by atoms with van der Waals surface area (Å²) < 4.78 is 70.1. The molecule has 3 fully saturated rings. The number of sulfonamides is 1. The monoisotopic (exact) mass is 447 g/mol. The predicted molar refractivity (Wildman–Crippen MR) is 103 cm³/mol. The van der Waals surface area contributed by atoms with Crippen LogP contribution in [0.25, 0.3) is 0 Å². The maximum atomic E-state index is 14.8. The van der Waals surface area contributed by atoms with Gasteiger partial charge in [-0.05, 0) is 18.2 Å². The number of anilines is 2. The summed E-state index contributed by atoms with van der Waals surface area (Å²) in [6.07, 6.45) is -1.51. The number of carbonyl (C=O) groups is 1. The second kappa shape index (κ2) is 7.91. The Labute approximate surface area is 172 Å². The molecule has 0 aliphatic carbocycles. The standard InChI is InChI=1S/C18H23F2N3O6S/c1-30(25,26)21-9-13-10-23(17(24)29-13)12-2-3-15(14(19)8-12)22-5-4-18(16(20)11-22)27-6-7-28-18/h2-3,8,13,16,21H,4-7,9-11H2,1H3/t13-,16?/m1/s1. The topological polar surface area (TPSA) is 97.4 Å². The van der Waals surface area contributed by atoms with E-state index < -0.39 is 40.0 Å². The molecule has 166 valence electrons. The molecule has 2 atom stereocenters. The van der Waals surface area contributed by atoms with Crippen molar-refractivity contribution in [1.29, 1.82) is 0 Å². The SMILES string of the molecule is CS(=O)(=O)NC[C@@H]1CN(c2ccc(N3CCC4(OCCO4)C(F)C3)c(F)c2)C(=O)O1. The summed E-state index contributed by atoms with van der Waals surface area (Å²) in [6.45, 7) is 0.988. The Bertz CT molecular complexity index is 924. The average Bonchev–Trinajstić information content (AvgIpc) is 3.29. The maximum absolute atomic E-state index is 14.8. The number of alkyl halides is 1. The summed E-state index contributed by atoms with van der Waals surface area (Å²) in [7, 11) is -3.42. The highest BCUT2D eigenvalue weighted by Gasteiger charge is 2.49. The highest BCUT2D eigenvalue weighted by Crippen LogP contribution is 2.37. The van der Waals surface area contributed by atoms with E-state index >= 15 is 0 Å². The first kappa shape index (κ1) is 21.2. The summed E-state index contributed by atoms with van der Waals surface area (Å²) in [5.74, 6) is -1.84. The van der Waals surface area contributed by atoms with Crippen LogP contribution in [0.3, 0.4) is 0 Å². The number of benzene rings is 1. The van der Waals surface area contributed by atoms with Crippen LogP contribution in [0.4, 0.5) is 25.0 Å². The fourth-order valence-electron chi connectivity index (χ4n) is 3.89. The van der Waals surface area contributed by atoms with Gasteiger partial charge < -0.3 is 19.1 Å². The molecular weight excluding hydrogens is 424 g/mol. The van der Waals surface area contributed by atoms with Crippen molar-refractivity contribution in [2.75, 3.05) is 55.4 Å². The molecular formula is C18H23F2N3O6S. The lowest BCUT2D eigenvalue weighted by atomic mass is 10.0. The zero-order valence-electron chi connectivity index (χ0n) is 16.3. The van der Waals surface area contributed by atoms with Gasteiger partial charge in [0.2, 0.25) is 15.8 Å². The number of ether oxygens (including phenoxy) is 3. The smallest absolute Gasteiger partial charge is 0.414 e. The molecule has 0 bridgehead atoms. The second-order valence-corrected chi connectivity index (χ2v) is 9.38. The van der Waals surface area contributed by atoms with Gasteiger partial charge in [0.25, 0.3) is 0 Å². The molecule has 30 heavy (non-hydrogen) atoms. The molecule has 3 aliphatic heterocycles. The van der Waals surface area contributed by atoms with Gasteiger partial charge in [0, 0.05) is 19.5 Å². The van der Waals surface area contributed by atoms with Crippen LogP contribution in [0.15, 0.2) is 18.2 Å². The van der Waals surface area contributed by atoms with E-state index in [0.29, 0.717) is 19.8 Å². The third-order valence-corrected chi connectivity index (χ3v) is 6.09. The third-order valence-electron chi connectivity index (χ3n) is 5.40. The Morgan fingerprint density at radius 2 is 2.00 bits per heavy atom. The van der Waals surface area contributed by atoms with Gasteiger partial charge in [0.1, 0.15) is 11.9 Å². The van der Waals surface area contributed by atoms with E-state index in [-0.39, 0.29) is 37.4 Å². The molecule has 0 radical (unpaired) electrons. The molecule has 12 heteroatoms. The number of cyclic esters (lactones) is 1. The minimum Gasteiger partial charge on any atom is -0.443 e. The predicted octanol–water partition coefficient (Wildman–Crippen LogP) is 0.991.